The van der Waals surface area contributed by atoms with Crippen LogP contribution in [0.5, 0.6) is 0 Å². The van der Waals surface area contributed by atoms with Gasteiger partial charge in [-0.15, -0.1) is 0 Å². The van der Waals surface area contributed by atoms with Crippen molar-refractivity contribution in [3.05, 3.63) is 46.0 Å². The van der Waals surface area contributed by atoms with Gasteiger partial charge in [-0.05, 0) is 51.7 Å². The van der Waals surface area contributed by atoms with Crippen LogP contribution in [0, 0.1) is 29.5 Å². The monoisotopic (exact) mass is 556 g/mol. The molecular weight excluding hydrogens is 519 g/mol. The minimum Gasteiger partial charge on any atom is -0.376 e. The van der Waals surface area contributed by atoms with Crippen molar-refractivity contribution in [2.75, 3.05) is 24.6 Å². The summed E-state index contributed by atoms with van der Waals surface area (Å²) in [5.41, 5.74) is 2.03. The van der Waals surface area contributed by atoms with E-state index in [0.29, 0.717) is 47.2 Å². The molecule has 0 amide bonds. The van der Waals surface area contributed by atoms with Crippen LogP contribution in [0.1, 0.15) is 58.0 Å². The first-order chi connectivity index (χ1) is 18.6. The second-order valence-corrected chi connectivity index (χ2v) is 11.7. The number of aryl methyl sites for hydroxylation is 1. The minimum atomic E-state index is -0.280. The Morgan fingerprint density at radius 3 is 2.62 bits per heavy atom. The second kappa shape index (κ2) is 11.0. The predicted molar refractivity (Wildman–Crippen MR) is 151 cm³/mol. The molecule has 0 radical (unpaired) electrons. The molecule has 0 aliphatic carbocycles. The molecule has 3 aromatic rings. The Morgan fingerprint density at radius 2 is 1.97 bits per heavy atom. The number of nitrogens with one attached hydrogen (secondary N) is 2. The lowest BCUT2D eigenvalue weighted by atomic mass is 9.91. The van der Waals surface area contributed by atoms with E-state index in [2.05, 4.69) is 47.0 Å². The standard InChI is InChI=1S/C28H38ClFN8O/c1-16(2)25(22-9-8-20(29)11-23(22)30)35-12-18(4)36(13-17(35)3)26-24-27(38(15-31)28(32)34-26)37(19(5)33-24)14-21-7-6-10-39-21/h8-9,11,15-18,21,25,31-32H,6-7,10,12-14H2,1-5H3/t17-,18+,21+,25-/m1/s1. The summed E-state index contributed by atoms with van der Waals surface area (Å²) in [5.74, 6) is 1.37. The maximum atomic E-state index is 15.1. The van der Waals surface area contributed by atoms with Gasteiger partial charge in [0.05, 0.1) is 19.0 Å². The number of ether oxygens (including phenoxy) is 1. The maximum Gasteiger partial charge on any atom is 0.231 e. The van der Waals surface area contributed by atoms with Crippen LogP contribution < -0.4 is 10.5 Å². The van der Waals surface area contributed by atoms with Gasteiger partial charge >= 0.3 is 0 Å². The molecule has 2 N–H and O–H groups in total. The predicted octanol–water partition coefficient (Wildman–Crippen LogP) is 4.74. The van der Waals surface area contributed by atoms with Gasteiger partial charge in [-0.2, -0.15) is 4.98 Å². The molecular formula is C28H38ClFN8O. The van der Waals surface area contributed by atoms with E-state index < -0.39 is 0 Å². The Kier molecular flexibility index (Phi) is 7.81. The molecule has 0 spiro atoms. The van der Waals surface area contributed by atoms with Crippen molar-refractivity contribution in [1.82, 2.24) is 24.0 Å². The first-order valence-electron chi connectivity index (χ1n) is 13.7. The highest BCUT2D eigenvalue weighted by Gasteiger charge is 2.38. The molecule has 11 heteroatoms. The van der Waals surface area contributed by atoms with Gasteiger partial charge in [0.2, 0.25) is 5.62 Å². The van der Waals surface area contributed by atoms with Gasteiger partial charge in [0.1, 0.15) is 17.2 Å². The van der Waals surface area contributed by atoms with Crippen LogP contribution in [0.25, 0.3) is 11.2 Å². The zero-order valence-electron chi connectivity index (χ0n) is 23.3. The number of anilines is 1. The van der Waals surface area contributed by atoms with Crippen LogP contribution in [0.3, 0.4) is 0 Å². The number of piperazine rings is 1. The smallest absolute Gasteiger partial charge is 0.231 e. The highest BCUT2D eigenvalue weighted by Crippen LogP contribution is 2.37. The molecule has 2 aliphatic rings. The Morgan fingerprint density at radius 1 is 1.21 bits per heavy atom. The SMILES string of the molecule is Cc1nc2c(N3C[C@@H](C)N([C@@H](c4ccc(Cl)cc4F)C(C)C)C[C@@H]3C)nc(=N)n(C=N)c2n1C[C@@H]1CCCO1. The van der Waals surface area contributed by atoms with Crippen LogP contribution >= 0.6 is 11.6 Å². The quantitative estimate of drug-likeness (QED) is 0.323. The number of fused-ring (bicyclic) bond motifs is 1. The minimum absolute atomic E-state index is 0.00781. The maximum absolute atomic E-state index is 15.1. The zero-order valence-corrected chi connectivity index (χ0v) is 24.0. The average Bonchev–Trinajstić information content (AvgIpc) is 3.50. The van der Waals surface area contributed by atoms with Crippen molar-refractivity contribution in [3.8, 4) is 0 Å². The lowest BCUT2D eigenvalue weighted by Crippen LogP contribution is -2.58. The average molecular weight is 557 g/mol. The van der Waals surface area contributed by atoms with Crippen molar-refractivity contribution in [3.63, 3.8) is 0 Å². The van der Waals surface area contributed by atoms with Crippen LogP contribution in [-0.2, 0) is 11.3 Å². The summed E-state index contributed by atoms with van der Waals surface area (Å²) in [4.78, 5) is 14.2. The summed E-state index contributed by atoms with van der Waals surface area (Å²) in [6.45, 7) is 13.2. The lowest BCUT2D eigenvalue weighted by Gasteiger charge is -2.49. The van der Waals surface area contributed by atoms with Gasteiger partial charge in [-0.25, -0.2) is 9.37 Å². The molecule has 2 aromatic heterocycles. The zero-order chi connectivity index (χ0) is 28.0. The molecule has 4 atom stereocenters. The molecule has 210 valence electrons. The molecule has 39 heavy (non-hydrogen) atoms. The highest BCUT2D eigenvalue weighted by atomic mass is 35.5. The van der Waals surface area contributed by atoms with Gasteiger partial charge in [0.25, 0.3) is 0 Å². The molecule has 9 nitrogen and oxygen atoms in total. The molecule has 1 aromatic carbocycles. The van der Waals surface area contributed by atoms with Gasteiger partial charge in [-0.1, -0.05) is 31.5 Å². The van der Waals surface area contributed by atoms with E-state index in [1.54, 1.807) is 12.1 Å². The molecule has 0 unspecified atom stereocenters. The molecule has 5 rings (SSSR count). The molecule has 2 fully saturated rings. The van der Waals surface area contributed by atoms with E-state index in [1.807, 2.05) is 6.92 Å². The Hall–Kier alpha value is -2.82. The van der Waals surface area contributed by atoms with Crippen LogP contribution in [0.4, 0.5) is 10.2 Å². The first-order valence-corrected chi connectivity index (χ1v) is 14.1. The number of halogens is 2. The fourth-order valence-corrected chi connectivity index (χ4v) is 6.44. The third kappa shape index (κ3) is 5.10. The molecule has 0 bridgehead atoms. The third-order valence-electron chi connectivity index (χ3n) is 8.13. The van der Waals surface area contributed by atoms with Crippen LogP contribution in [-0.4, -0.2) is 68.2 Å². The first kappa shape index (κ1) is 27.7. The van der Waals surface area contributed by atoms with E-state index >= 15 is 4.39 Å². The van der Waals surface area contributed by atoms with Gasteiger partial charge < -0.3 is 14.2 Å². The van der Waals surface area contributed by atoms with E-state index in [-0.39, 0.29) is 41.6 Å². The van der Waals surface area contributed by atoms with E-state index in [9.17, 15) is 0 Å². The number of hydrogen-bond acceptors (Lipinski definition) is 7. The Labute approximate surface area is 233 Å². The normalized spacial score (nSPS) is 23.2. The summed E-state index contributed by atoms with van der Waals surface area (Å²) >= 11 is 6.06. The van der Waals surface area contributed by atoms with Crippen molar-refractivity contribution in [2.45, 2.75) is 78.2 Å². The number of benzene rings is 1. The van der Waals surface area contributed by atoms with E-state index in [4.69, 9.17) is 32.1 Å². The summed E-state index contributed by atoms with van der Waals surface area (Å²) in [6.07, 6.45) is 3.24. The molecule has 2 aliphatic heterocycles. The summed E-state index contributed by atoms with van der Waals surface area (Å²) < 4.78 is 24.5. The topological polar surface area (TPSA) is 99.1 Å². The number of imidazole rings is 1. The molecule has 2 saturated heterocycles. The number of nitrogens with zero attached hydrogens (tertiary/aromatic N) is 6. The third-order valence-corrected chi connectivity index (χ3v) is 8.36. The Bertz CT molecular complexity index is 1430. The number of rotatable bonds is 7. The van der Waals surface area contributed by atoms with Crippen molar-refractivity contribution in [1.29, 1.82) is 10.8 Å². The molecule has 4 heterocycles. The fourth-order valence-electron chi connectivity index (χ4n) is 6.29. The molecule has 0 saturated carbocycles. The van der Waals surface area contributed by atoms with Crippen LogP contribution in [0.2, 0.25) is 5.02 Å². The van der Waals surface area contributed by atoms with Gasteiger partial charge in [-0.3, -0.25) is 20.3 Å². The van der Waals surface area contributed by atoms with E-state index in [1.165, 1.54) is 10.6 Å². The van der Waals surface area contributed by atoms with Gasteiger partial charge in [0, 0.05) is 48.4 Å². The fraction of sp³-hybridized carbons (Fsp3) is 0.571. The largest absolute Gasteiger partial charge is 0.376 e. The summed E-state index contributed by atoms with van der Waals surface area (Å²) in [5, 5.41) is 17.1. The van der Waals surface area contributed by atoms with Crippen LogP contribution in [0.15, 0.2) is 18.2 Å². The number of aromatic nitrogens is 4. The second-order valence-electron chi connectivity index (χ2n) is 11.2. The lowest BCUT2D eigenvalue weighted by molar-refractivity contribution is 0.0799. The van der Waals surface area contributed by atoms with Gasteiger partial charge in [0.15, 0.2) is 11.5 Å². The van der Waals surface area contributed by atoms with Crippen molar-refractivity contribution >= 4 is 34.9 Å². The van der Waals surface area contributed by atoms with Crippen molar-refractivity contribution < 1.29 is 9.13 Å². The summed E-state index contributed by atoms with van der Waals surface area (Å²) in [6, 6.07) is 4.97. The Balaban J connectivity index is 1.52. The van der Waals surface area contributed by atoms with E-state index in [0.717, 1.165) is 31.6 Å². The van der Waals surface area contributed by atoms with Crippen molar-refractivity contribution in [2.24, 2.45) is 5.92 Å². The summed E-state index contributed by atoms with van der Waals surface area (Å²) in [7, 11) is 0. The number of hydrogen-bond donors (Lipinski definition) is 2. The highest BCUT2D eigenvalue weighted by molar-refractivity contribution is 6.30.